The zero-order chi connectivity index (χ0) is 15.2. The van der Waals surface area contributed by atoms with Crippen molar-refractivity contribution in [3.05, 3.63) is 52.0 Å². The van der Waals surface area contributed by atoms with Gasteiger partial charge in [0.15, 0.2) is 0 Å². The van der Waals surface area contributed by atoms with Gasteiger partial charge in [-0.15, -0.1) is 11.3 Å². The number of amides is 2. The fraction of sp³-hybridized carbons (Fsp3) is 0.375. The molecule has 2 aromatic rings. The lowest BCUT2D eigenvalue weighted by atomic mass is 10.2. The second-order valence-electron chi connectivity index (χ2n) is 5.25. The van der Waals surface area contributed by atoms with Crippen LogP contribution in [0.5, 0.6) is 0 Å². The number of nitrogens with zero attached hydrogens (tertiary/aromatic N) is 2. The molecular formula is C16H21N3OS. The van der Waals surface area contributed by atoms with Crippen LogP contribution >= 0.6 is 11.3 Å². The first-order chi connectivity index (χ1) is 10.1. The molecule has 0 bridgehead atoms. The lowest BCUT2D eigenvalue weighted by molar-refractivity contribution is 0.180. The number of hydrogen-bond donors (Lipinski definition) is 1. The van der Waals surface area contributed by atoms with E-state index in [4.69, 9.17) is 0 Å². The second-order valence-corrected chi connectivity index (χ2v) is 6.62. The van der Waals surface area contributed by atoms with Gasteiger partial charge in [0, 0.05) is 34.7 Å². The number of hydrogen-bond acceptors (Lipinski definition) is 3. The standard InChI is InChI=1S/C16H21N3OS/c1-12(2)19(11-15-5-4-13(3)21-15)16(20)18-10-14-6-8-17-9-7-14/h4-9,12H,10-11H2,1-3H3,(H,18,20). The summed E-state index contributed by atoms with van der Waals surface area (Å²) in [6.45, 7) is 7.32. The summed E-state index contributed by atoms with van der Waals surface area (Å²) in [5, 5.41) is 2.97. The van der Waals surface area contributed by atoms with Crippen LogP contribution < -0.4 is 5.32 Å². The molecule has 2 heterocycles. The molecule has 0 aliphatic rings. The van der Waals surface area contributed by atoms with E-state index in [1.165, 1.54) is 9.75 Å². The number of aromatic nitrogens is 1. The fourth-order valence-electron chi connectivity index (χ4n) is 2.01. The Balaban J connectivity index is 1.96. The molecule has 21 heavy (non-hydrogen) atoms. The zero-order valence-electron chi connectivity index (χ0n) is 12.7. The number of rotatable bonds is 5. The van der Waals surface area contributed by atoms with Gasteiger partial charge in [0.1, 0.15) is 0 Å². The Morgan fingerprint density at radius 1 is 1.29 bits per heavy atom. The summed E-state index contributed by atoms with van der Waals surface area (Å²) >= 11 is 1.74. The summed E-state index contributed by atoms with van der Waals surface area (Å²) in [6, 6.07) is 8.11. The maximum Gasteiger partial charge on any atom is 0.318 e. The van der Waals surface area contributed by atoms with Crippen LogP contribution in [0.3, 0.4) is 0 Å². The minimum atomic E-state index is -0.0344. The highest BCUT2D eigenvalue weighted by Gasteiger charge is 2.17. The quantitative estimate of drug-likeness (QED) is 0.917. The molecule has 0 fully saturated rings. The Kier molecular flexibility index (Phi) is 5.33. The van der Waals surface area contributed by atoms with Gasteiger partial charge in [0.25, 0.3) is 0 Å². The highest BCUT2D eigenvalue weighted by molar-refractivity contribution is 7.11. The monoisotopic (exact) mass is 303 g/mol. The normalized spacial score (nSPS) is 10.7. The van der Waals surface area contributed by atoms with E-state index in [1.807, 2.05) is 30.9 Å². The number of aryl methyl sites for hydroxylation is 1. The lowest BCUT2D eigenvalue weighted by Gasteiger charge is -2.26. The van der Waals surface area contributed by atoms with Crippen molar-refractivity contribution in [2.45, 2.75) is 39.9 Å². The Labute approximate surface area is 129 Å². The van der Waals surface area contributed by atoms with Gasteiger partial charge in [-0.3, -0.25) is 4.98 Å². The number of thiophene rings is 1. The van der Waals surface area contributed by atoms with Crippen LogP contribution in [0.1, 0.15) is 29.2 Å². The number of urea groups is 1. The topological polar surface area (TPSA) is 45.2 Å². The molecule has 0 saturated carbocycles. The molecule has 0 atom stereocenters. The first-order valence-electron chi connectivity index (χ1n) is 7.05. The van der Waals surface area contributed by atoms with Gasteiger partial charge in [0.2, 0.25) is 0 Å². The Bertz CT molecular complexity index is 580. The molecule has 0 aromatic carbocycles. The molecular weight excluding hydrogens is 282 g/mol. The molecule has 4 nitrogen and oxygen atoms in total. The third-order valence-corrected chi connectivity index (χ3v) is 4.18. The molecule has 2 aromatic heterocycles. The summed E-state index contributed by atoms with van der Waals surface area (Å²) in [6.07, 6.45) is 3.46. The molecule has 5 heteroatoms. The summed E-state index contributed by atoms with van der Waals surface area (Å²) in [7, 11) is 0. The summed E-state index contributed by atoms with van der Waals surface area (Å²) in [5.74, 6) is 0. The van der Waals surface area contributed by atoms with Gasteiger partial charge in [-0.25, -0.2) is 4.79 Å². The maximum absolute atomic E-state index is 12.4. The summed E-state index contributed by atoms with van der Waals surface area (Å²) in [5.41, 5.74) is 1.05. The molecule has 2 amide bonds. The third kappa shape index (κ3) is 4.56. The van der Waals surface area contributed by atoms with E-state index in [1.54, 1.807) is 23.7 Å². The van der Waals surface area contributed by atoms with Crippen LogP contribution in [0, 0.1) is 6.92 Å². The highest BCUT2D eigenvalue weighted by atomic mass is 32.1. The van der Waals surface area contributed by atoms with Gasteiger partial charge in [0.05, 0.1) is 6.54 Å². The van der Waals surface area contributed by atoms with Crippen LogP contribution in [-0.2, 0) is 13.1 Å². The van der Waals surface area contributed by atoms with E-state index in [-0.39, 0.29) is 12.1 Å². The largest absolute Gasteiger partial charge is 0.334 e. The molecule has 112 valence electrons. The van der Waals surface area contributed by atoms with Gasteiger partial charge in [-0.2, -0.15) is 0 Å². The number of carbonyl (C=O) groups excluding carboxylic acids is 1. The van der Waals surface area contributed by atoms with E-state index in [9.17, 15) is 4.79 Å². The van der Waals surface area contributed by atoms with Crippen molar-refractivity contribution in [2.75, 3.05) is 0 Å². The molecule has 0 unspecified atom stereocenters. The van der Waals surface area contributed by atoms with E-state index in [2.05, 4.69) is 29.4 Å². The molecule has 0 spiro atoms. The van der Waals surface area contributed by atoms with Crippen molar-refractivity contribution >= 4 is 17.4 Å². The SMILES string of the molecule is Cc1ccc(CN(C(=O)NCc2ccncc2)C(C)C)s1. The van der Waals surface area contributed by atoms with Crippen molar-refractivity contribution in [1.82, 2.24) is 15.2 Å². The number of pyridine rings is 1. The van der Waals surface area contributed by atoms with Crippen molar-refractivity contribution in [3.63, 3.8) is 0 Å². The van der Waals surface area contributed by atoms with Crippen LogP contribution in [-0.4, -0.2) is 22.0 Å². The summed E-state index contributed by atoms with van der Waals surface area (Å²) < 4.78 is 0. The summed E-state index contributed by atoms with van der Waals surface area (Å²) in [4.78, 5) is 20.7. The van der Waals surface area contributed by atoms with Crippen molar-refractivity contribution in [3.8, 4) is 0 Å². The van der Waals surface area contributed by atoms with Crippen LogP contribution in [0.4, 0.5) is 4.79 Å². The van der Waals surface area contributed by atoms with Gasteiger partial charge in [-0.1, -0.05) is 0 Å². The van der Waals surface area contributed by atoms with Gasteiger partial charge in [-0.05, 0) is 50.6 Å². The molecule has 0 saturated heterocycles. The molecule has 2 rings (SSSR count). The predicted molar refractivity (Wildman–Crippen MR) is 86.2 cm³/mol. The smallest absolute Gasteiger partial charge is 0.318 e. The first kappa shape index (κ1) is 15.5. The van der Waals surface area contributed by atoms with Crippen molar-refractivity contribution < 1.29 is 4.79 Å². The highest BCUT2D eigenvalue weighted by Crippen LogP contribution is 2.18. The van der Waals surface area contributed by atoms with Gasteiger partial charge >= 0.3 is 6.03 Å². The number of carbonyl (C=O) groups is 1. The zero-order valence-corrected chi connectivity index (χ0v) is 13.5. The molecule has 1 N–H and O–H groups in total. The van der Waals surface area contributed by atoms with Crippen LogP contribution in [0.15, 0.2) is 36.7 Å². The fourth-order valence-corrected chi connectivity index (χ4v) is 2.90. The maximum atomic E-state index is 12.4. The van der Waals surface area contributed by atoms with E-state index in [0.717, 1.165) is 5.56 Å². The van der Waals surface area contributed by atoms with Crippen molar-refractivity contribution in [2.24, 2.45) is 0 Å². The lowest BCUT2D eigenvalue weighted by Crippen LogP contribution is -2.43. The Morgan fingerprint density at radius 3 is 2.57 bits per heavy atom. The molecule has 0 aliphatic carbocycles. The third-order valence-electron chi connectivity index (χ3n) is 3.20. The molecule has 0 aliphatic heterocycles. The number of nitrogens with one attached hydrogen (secondary N) is 1. The predicted octanol–water partition coefficient (Wildman–Crippen LogP) is 3.57. The van der Waals surface area contributed by atoms with Crippen LogP contribution in [0.25, 0.3) is 0 Å². The van der Waals surface area contributed by atoms with E-state index in [0.29, 0.717) is 13.1 Å². The minimum Gasteiger partial charge on any atom is -0.334 e. The van der Waals surface area contributed by atoms with E-state index >= 15 is 0 Å². The van der Waals surface area contributed by atoms with Gasteiger partial charge < -0.3 is 10.2 Å². The van der Waals surface area contributed by atoms with Crippen molar-refractivity contribution in [1.29, 1.82) is 0 Å². The first-order valence-corrected chi connectivity index (χ1v) is 7.86. The average Bonchev–Trinajstić information content (AvgIpc) is 2.88. The van der Waals surface area contributed by atoms with Crippen LogP contribution in [0.2, 0.25) is 0 Å². The Hall–Kier alpha value is -1.88. The van der Waals surface area contributed by atoms with E-state index < -0.39 is 0 Å². The average molecular weight is 303 g/mol. The molecule has 0 radical (unpaired) electrons. The second kappa shape index (κ2) is 7.22. The minimum absolute atomic E-state index is 0.0344. The Morgan fingerprint density at radius 2 is 2.00 bits per heavy atom.